The van der Waals surface area contributed by atoms with Crippen LogP contribution in [0.3, 0.4) is 0 Å². The third kappa shape index (κ3) is 3.44. The summed E-state index contributed by atoms with van der Waals surface area (Å²) >= 11 is 0. The Hall–Kier alpha value is -2.10. The molecule has 0 saturated carbocycles. The van der Waals surface area contributed by atoms with Gasteiger partial charge in [0, 0.05) is 25.5 Å². The van der Waals surface area contributed by atoms with E-state index in [1.54, 1.807) is 23.4 Å². The Kier molecular flexibility index (Phi) is 4.34. The number of carbonyl (C=O) groups is 1. The van der Waals surface area contributed by atoms with Crippen LogP contribution in [0.15, 0.2) is 41.1 Å². The molecule has 2 heterocycles. The first kappa shape index (κ1) is 13.3. The molecule has 0 atom stereocenters. The van der Waals surface area contributed by atoms with E-state index in [2.05, 4.69) is 4.98 Å². The van der Waals surface area contributed by atoms with Gasteiger partial charge in [-0.1, -0.05) is 0 Å². The van der Waals surface area contributed by atoms with E-state index in [1.165, 1.54) is 5.56 Å². The van der Waals surface area contributed by atoms with Gasteiger partial charge in [0.05, 0.1) is 0 Å². The minimum atomic E-state index is -0.0512. The molecule has 0 aliphatic rings. The molecule has 0 unspecified atom stereocenters. The van der Waals surface area contributed by atoms with Gasteiger partial charge in [-0.3, -0.25) is 9.78 Å². The number of aromatic nitrogens is 1. The van der Waals surface area contributed by atoms with Crippen molar-refractivity contribution in [2.24, 2.45) is 0 Å². The van der Waals surface area contributed by atoms with E-state index < -0.39 is 0 Å². The third-order valence-corrected chi connectivity index (χ3v) is 3.04. The van der Waals surface area contributed by atoms with Crippen LogP contribution in [0.25, 0.3) is 0 Å². The number of hydrogen-bond donors (Lipinski definition) is 0. The predicted molar refractivity (Wildman–Crippen MR) is 73.0 cm³/mol. The van der Waals surface area contributed by atoms with Crippen molar-refractivity contribution in [2.75, 3.05) is 13.1 Å². The summed E-state index contributed by atoms with van der Waals surface area (Å²) in [5.74, 6) is 1.12. The molecule has 0 radical (unpaired) electrons. The third-order valence-electron chi connectivity index (χ3n) is 3.04. The number of aryl methyl sites for hydroxylation is 1. The lowest BCUT2D eigenvalue weighted by Gasteiger charge is -2.19. The zero-order valence-corrected chi connectivity index (χ0v) is 11.3. The highest BCUT2D eigenvalue weighted by Crippen LogP contribution is 2.10. The maximum Gasteiger partial charge on any atom is 0.289 e. The number of rotatable bonds is 5. The maximum atomic E-state index is 12.2. The zero-order chi connectivity index (χ0) is 13.7. The van der Waals surface area contributed by atoms with Crippen LogP contribution >= 0.6 is 0 Å². The molecular weight excluding hydrogens is 240 g/mol. The minimum absolute atomic E-state index is 0.0512. The summed E-state index contributed by atoms with van der Waals surface area (Å²) in [5, 5.41) is 0. The molecule has 2 rings (SSSR count). The Bertz CT molecular complexity index is 534. The molecule has 4 heteroatoms. The van der Waals surface area contributed by atoms with Crippen LogP contribution in [-0.4, -0.2) is 28.9 Å². The van der Waals surface area contributed by atoms with Gasteiger partial charge in [0.1, 0.15) is 5.76 Å². The van der Waals surface area contributed by atoms with E-state index >= 15 is 0 Å². The van der Waals surface area contributed by atoms with E-state index in [4.69, 9.17) is 4.42 Å². The molecule has 0 bridgehead atoms. The van der Waals surface area contributed by atoms with Crippen molar-refractivity contribution < 1.29 is 9.21 Å². The van der Waals surface area contributed by atoms with Crippen LogP contribution in [0.5, 0.6) is 0 Å². The fourth-order valence-corrected chi connectivity index (χ4v) is 1.92. The lowest BCUT2D eigenvalue weighted by molar-refractivity contribution is 0.0733. The van der Waals surface area contributed by atoms with Crippen molar-refractivity contribution in [1.29, 1.82) is 0 Å². The van der Waals surface area contributed by atoms with Crippen molar-refractivity contribution >= 4 is 5.91 Å². The van der Waals surface area contributed by atoms with Gasteiger partial charge in [0.15, 0.2) is 5.76 Å². The summed E-state index contributed by atoms with van der Waals surface area (Å²) in [6, 6.07) is 7.47. The molecule has 19 heavy (non-hydrogen) atoms. The predicted octanol–water partition coefficient (Wildman–Crippen LogP) is 2.69. The lowest BCUT2D eigenvalue weighted by Crippen LogP contribution is -2.32. The molecular formula is C15H18N2O2. The van der Waals surface area contributed by atoms with Gasteiger partial charge < -0.3 is 9.32 Å². The van der Waals surface area contributed by atoms with Crippen molar-refractivity contribution in [1.82, 2.24) is 9.88 Å². The SMILES string of the molecule is CCN(CCc1ccncc1)C(=O)c1ccc(C)o1. The first-order valence-electron chi connectivity index (χ1n) is 6.45. The fourth-order valence-electron chi connectivity index (χ4n) is 1.92. The van der Waals surface area contributed by atoms with Gasteiger partial charge in [-0.25, -0.2) is 0 Å². The molecule has 2 aromatic heterocycles. The summed E-state index contributed by atoms with van der Waals surface area (Å²) in [6.45, 7) is 5.16. The number of hydrogen-bond acceptors (Lipinski definition) is 3. The molecule has 4 nitrogen and oxygen atoms in total. The standard InChI is InChI=1S/C15H18N2O2/c1-3-17(11-8-13-6-9-16-10-7-13)15(18)14-5-4-12(2)19-14/h4-7,9-10H,3,8,11H2,1-2H3. The number of furan rings is 1. The van der Waals surface area contributed by atoms with Gasteiger partial charge in [0.2, 0.25) is 0 Å². The topological polar surface area (TPSA) is 46.3 Å². The molecule has 0 aliphatic carbocycles. The van der Waals surface area contributed by atoms with E-state index in [0.29, 0.717) is 18.8 Å². The largest absolute Gasteiger partial charge is 0.456 e. The van der Waals surface area contributed by atoms with Crippen molar-refractivity contribution in [3.05, 3.63) is 53.7 Å². The van der Waals surface area contributed by atoms with Gasteiger partial charge in [-0.15, -0.1) is 0 Å². The van der Waals surface area contributed by atoms with Crippen LogP contribution in [0.2, 0.25) is 0 Å². The van der Waals surface area contributed by atoms with E-state index in [9.17, 15) is 4.79 Å². The number of carbonyl (C=O) groups excluding carboxylic acids is 1. The Balaban J connectivity index is 1.98. The normalized spacial score (nSPS) is 10.4. The van der Waals surface area contributed by atoms with Gasteiger partial charge in [-0.2, -0.15) is 0 Å². The van der Waals surface area contributed by atoms with Gasteiger partial charge in [-0.05, 0) is 50.1 Å². The minimum Gasteiger partial charge on any atom is -0.456 e. The molecule has 100 valence electrons. The van der Waals surface area contributed by atoms with E-state index in [-0.39, 0.29) is 5.91 Å². The van der Waals surface area contributed by atoms with Crippen LogP contribution in [-0.2, 0) is 6.42 Å². The molecule has 0 saturated heterocycles. The summed E-state index contributed by atoms with van der Waals surface area (Å²) in [6.07, 6.45) is 4.36. The van der Waals surface area contributed by atoms with Crippen LogP contribution in [0.1, 0.15) is 28.8 Å². The number of pyridine rings is 1. The molecule has 0 aliphatic heterocycles. The van der Waals surface area contributed by atoms with E-state index in [0.717, 1.165) is 12.2 Å². The van der Waals surface area contributed by atoms with Crippen LogP contribution in [0, 0.1) is 6.92 Å². The van der Waals surface area contributed by atoms with Crippen LogP contribution < -0.4 is 0 Å². The summed E-state index contributed by atoms with van der Waals surface area (Å²) in [4.78, 5) is 18.0. The van der Waals surface area contributed by atoms with Gasteiger partial charge >= 0.3 is 0 Å². The van der Waals surface area contributed by atoms with E-state index in [1.807, 2.05) is 32.0 Å². The van der Waals surface area contributed by atoms with Crippen LogP contribution in [0.4, 0.5) is 0 Å². The number of nitrogens with zero attached hydrogens (tertiary/aromatic N) is 2. The number of amides is 1. The maximum absolute atomic E-state index is 12.2. The Morgan fingerprint density at radius 3 is 2.58 bits per heavy atom. The highest BCUT2D eigenvalue weighted by atomic mass is 16.3. The number of likely N-dealkylation sites (N-methyl/N-ethyl adjacent to an activating group) is 1. The summed E-state index contributed by atoms with van der Waals surface area (Å²) in [5.41, 5.74) is 1.18. The summed E-state index contributed by atoms with van der Waals surface area (Å²) < 4.78 is 5.38. The average Bonchev–Trinajstić information content (AvgIpc) is 2.87. The molecule has 1 amide bonds. The second-order valence-electron chi connectivity index (χ2n) is 4.40. The first-order chi connectivity index (χ1) is 9.20. The highest BCUT2D eigenvalue weighted by molar-refractivity contribution is 5.91. The second-order valence-corrected chi connectivity index (χ2v) is 4.40. The lowest BCUT2D eigenvalue weighted by atomic mass is 10.2. The average molecular weight is 258 g/mol. The monoisotopic (exact) mass is 258 g/mol. The second kappa shape index (κ2) is 6.18. The smallest absolute Gasteiger partial charge is 0.289 e. The fraction of sp³-hybridized carbons (Fsp3) is 0.333. The Labute approximate surface area is 113 Å². The molecule has 0 N–H and O–H groups in total. The quantitative estimate of drug-likeness (QED) is 0.828. The zero-order valence-electron chi connectivity index (χ0n) is 11.3. The molecule has 0 aromatic carbocycles. The molecule has 2 aromatic rings. The van der Waals surface area contributed by atoms with Gasteiger partial charge in [0.25, 0.3) is 5.91 Å². The first-order valence-corrected chi connectivity index (χ1v) is 6.45. The molecule has 0 spiro atoms. The Morgan fingerprint density at radius 1 is 1.26 bits per heavy atom. The van der Waals surface area contributed by atoms with Crippen molar-refractivity contribution in [2.45, 2.75) is 20.3 Å². The highest BCUT2D eigenvalue weighted by Gasteiger charge is 2.17. The Morgan fingerprint density at radius 2 is 2.00 bits per heavy atom. The molecule has 0 fully saturated rings. The van der Waals surface area contributed by atoms with Crippen molar-refractivity contribution in [3.63, 3.8) is 0 Å². The van der Waals surface area contributed by atoms with Crippen molar-refractivity contribution in [3.8, 4) is 0 Å². The summed E-state index contributed by atoms with van der Waals surface area (Å²) in [7, 11) is 0.